The van der Waals surface area contributed by atoms with Gasteiger partial charge in [0.25, 0.3) is 0 Å². The third-order valence-corrected chi connectivity index (χ3v) is 5.40. The van der Waals surface area contributed by atoms with Crippen LogP contribution in [-0.2, 0) is 0 Å². The molecule has 4 aromatic carbocycles. The summed E-state index contributed by atoms with van der Waals surface area (Å²) < 4.78 is 0. The van der Waals surface area contributed by atoms with Crippen molar-refractivity contribution >= 4 is 40.2 Å². The summed E-state index contributed by atoms with van der Waals surface area (Å²) in [5, 5.41) is 0. The number of benzene rings is 4. The fourth-order valence-corrected chi connectivity index (χ4v) is 4.14. The lowest BCUT2D eigenvalue weighted by Gasteiger charge is -2.37. The number of rotatable bonds is 2. The minimum atomic E-state index is 0.248. The van der Waals surface area contributed by atoms with E-state index in [0.29, 0.717) is 0 Å². The van der Waals surface area contributed by atoms with E-state index in [1.165, 1.54) is 39.0 Å². The Hall–Kier alpha value is -3.26. The second-order valence-corrected chi connectivity index (χ2v) is 7.13. The Morgan fingerprint density at radius 1 is 0.556 bits per heavy atom. The molecular weight excluding hydrogens is 325 g/mol. The van der Waals surface area contributed by atoms with Crippen LogP contribution in [0.5, 0.6) is 0 Å². The Morgan fingerprint density at radius 2 is 1.07 bits per heavy atom. The number of para-hydroxylation sites is 3. The predicted octanol–water partition coefficient (Wildman–Crippen LogP) is 4.29. The van der Waals surface area contributed by atoms with Gasteiger partial charge in [-0.1, -0.05) is 89.9 Å². The Morgan fingerprint density at radius 3 is 1.67 bits per heavy atom. The fraction of sp³-hybridized carbons (Fsp3) is 0.0400. The van der Waals surface area contributed by atoms with Crippen LogP contribution < -0.4 is 21.3 Å². The van der Waals surface area contributed by atoms with Crippen molar-refractivity contribution in [1.29, 1.82) is 0 Å². The highest BCUT2D eigenvalue weighted by molar-refractivity contribution is 6.98. The van der Waals surface area contributed by atoms with E-state index < -0.39 is 0 Å². The lowest BCUT2D eigenvalue weighted by atomic mass is 9.35. The SMILES string of the molecule is Cc1ccc(B2c3ccccc3N(c3ccccc3)c3ccccc32)cc1. The van der Waals surface area contributed by atoms with Gasteiger partial charge in [-0.2, -0.15) is 0 Å². The highest BCUT2D eigenvalue weighted by atomic mass is 15.1. The van der Waals surface area contributed by atoms with E-state index in [0.717, 1.165) is 0 Å². The van der Waals surface area contributed by atoms with Crippen molar-refractivity contribution in [2.75, 3.05) is 4.90 Å². The van der Waals surface area contributed by atoms with Crippen LogP contribution in [0.1, 0.15) is 5.56 Å². The van der Waals surface area contributed by atoms with Crippen molar-refractivity contribution in [3.63, 3.8) is 0 Å². The van der Waals surface area contributed by atoms with Crippen LogP contribution in [0.4, 0.5) is 17.1 Å². The Bertz CT molecular complexity index is 1040. The maximum atomic E-state index is 2.38. The smallest absolute Gasteiger partial charge is 0.246 e. The lowest BCUT2D eigenvalue weighted by Crippen LogP contribution is -2.57. The summed E-state index contributed by atoms with van der Waals surface area (Å²) in [4.78, 5) is 2.38. The van der Waals surface area contributed by atoms with Gasteiger partial charge < -0.3 is 4.90 Å². The first kappa shape index (κ1) is 16.0. The number of nitrogens with zero attached hydrogens (tertiary/aromatic N) is 1. The molecule has 1 nitrogen and oxygen atoms in total. The summed E-state index contributed by atoms with van der Waals surface area (Å²) in [5.41, 5.74) is 9.05. The molecule has 27 heavy (non-hydrogen) atoms. The zero-order chi connectivity index (χ0) is 18.2. The van der Waals surface area contributed by atoms with Crippen LogP contribution in [0.25, 0.3) is 0 Å². The second kappa shape index (κ2) is 6.48. The topological polar surface area (TPSA) is 3.24 Å². The first-order valence-corrected chi connectivity index (χ1v) is 9.42. The molecule has 0 fully saturated rings. The monoisotopic (exact) mass is 345 g/mol. The van der Waals surface area contributed by atoms with Gasteiger partial charge in [-0.25, -0.2) is 0 Å². The first-order valence-electron chi connectivity index (χ1n) is 9.42. The molecule has 0 radical (unpaired) electrons. The summed E-state index contributed by atoms with van der Waals surface area (Å²) in [6.45, 7) is 2.39. The van der Waals surface area contributed by atoms with Crippen LogP contribution in [0, 0.1) is 6.92 Å². The largest absolute Gasteiger partial charge is 0.312 e. The van der Waals surface area contributed by atoms with E-state index in [1.807, 2.05) is 0 Å². The van der Waals surface area contributed by atoms with Crippen molar-refractivity contribution in [2.45, 2.75) is 6.92 Å². The highest BCUT2D eigenvalue weighted by Crippen LogP contribution is 2.35. The summed E-state index contributed by atoms with van der Waals surface area (Å²) in [5.74, 6) is 0. The van der Waals surface area contributed by atoms with Gasteiger partial charge in [0.2, 0.25) is 6.71 Å². The van der Waals surface area contributed by atoms with Crippen LogP contribution >= 0.6 is 0 Å². The van der Waals surface area contributed by atoms with Gasteiger partial charge >= 0.3 is 0 Å². The summed E-state index contributed by atoms with van der Waals surface area (Å²) in [6, 6.07) is 37.2. The molecule has 0 atom stereocenters. The van der Waals surface area contributed by atoms with Crippen LogP contribution in [0.3, 0.4) is 0 Å². The van der Waals surface area contributed by atoms with E-state index in [9.17, 15) is 0 Å². The molecule has 0 saturated carbocycles. The average molecular weight is 345 g/mol. The minimum absolute atomic E-state index is 0.248. The maximum absolute atomic E-state index is 2.38. The molecule has 0 aliphatic carbocycles. The van der Waals surface area contributed by atoms with E-state index in [1.54, 1.807) is 0 Å². The number of fused-ring (bicyclic) bond motifs is 2. The second-order valence-electron chi connectivity index (χ2n) is 7.13. The Labute approximate surface area is 161 Å². The molecule has 4 aromatic rings. The van der Waals surface area contributed by atoms with Crippen LogP contribution in [-0.4, -0.2) is 6.71 Å². The molecule has 1 heterocycles. The summed E-state index contributed by atoms with van der Waals surface area (Å²) >= 11 is 0. The van der Waals surface area contributed by atoms with Crippen LogP contribution in [0.2, 0.25) is 0 Å². The zero-order valence-corrected chi connectivity index (χ0v) is 15.3. The third-order valence-electron chi connectivity index (χ3n) is 5.40. The van der Waals surface area contributed by atoms with Gasteiger partial charge in [-0.15, -0.1) is 0 Å². The highest BCUT2D eigenvalue weighted by Gasteiger charge is 2.34. The molecular formula is C25H20BN. The summed E-state index contributed by atoms with van der Waals surface area (Å²) in [6.07, 6.45) is 0. The van der Waals surface area contributed by atoms with Crippen molar-refractivity contribution < 1.29 is 0 Å². The number of hydrogen-bond acceptors (Lipinski definition) is 1. The van der Waals surface area contributed by atoms with Gasteiger partial charge in [0.1, 0.15) is 0 Å². The number of aryl methyl sites for hydroxylation is 1. The van der Waals surface area contributed by atoms with E-state index in [2.05, 4.69) is 115 Å². The molecule has 0 unspecified atom stereocenters. The standard InChI is InChI=1S/C25H20BN/c1-19-15-17-20(18-16-19)26-22-11-5-7-13-24(22)27(21-9-3-2-4-10-21)25-14-8-6-12-23(25)26/h2-18H,1H3. The predicted molar refractivity (Wildman–Crippen MR) is 117 cm³/mol. The van der Waals surface area contributed by atoms with Crippen molar-refractivity contribution in [1.82, 2.24) is 0 Å². The van der Waals surface area contributed by atoms with E-state index in [4.69, 9.17) is 0 Å². The number of hydrogen-bond donors (Lipinski definition) is 0. The molecule has 0 N–H and O–H groups in total. The van der Waals surface area contributed by atoms with Crippen molar-refractivity contribution in [2.24, 2.45) is 0 Å². The third kappa shape index (κ3) is 2.65. The molecule has 1 aliphatic heterocycles. The molecule has 1 aliphatic rings. The Kier molecular flexibility index (Phi) is 3.83. The van der Waals surface area contributed by atoms with Gasteiger partial charge in [-0.3, -0.25) is 0 Å². The Balaban J connectivity index is 1.78. The number of anilines is 3. The van der Waals surface area contributed by atoms with E-state index in [-0.39, 0.29) is 6.71 Å². The molecule has 0 spiro atoms. The molecule has 0 amide bonds. The molecule has 5 rings (SSSR count). The lowest BCUT2D eigenvalue weighted by molar-refractivity contribution is 1.29. The van der Waals surface area contributed by atoms with Gasteiger partial charge in [0, 0.05) is 17.1 Å². The van der Waals surface area contributed by atoms with Gasteiger partial charge in [-0.05, 0) is 42.1 Å². The summed E-state index contributed by atoms with van der Waals surface area (Å²) in [7, 11) is 0. The molecule has 128 valence electrons. The quantitative estimate of drug-likeness (QED) is 0.431. The maximum Gasteiger partial charge on any atom is 0.246 e. The molecule has 0 aromatic heterocycles. The van der Waals surface area contributed by atoms with E-state index >= 15 is 0 Å². The molecule has 0 bridgehead atoms. The molecule has 0 saturated heterocycles. The average Bonchev–Trinajstić information content (AvgIpc) is 2.73. The van der Waals surface area contributed by atoms with Crippen molar-refractivity contribution in [3.8, 4) is 0 Å². The zero-order valence-electron chi connectivity index (χ0n) is 15.3. The minimum Gasteiger partial charge on any atom is -0.312 e. The normalized spacial score (nSPS) is 12.5. The van der Waals surface area contributed by atoms with Crippen LogP contribution in [0.15, 0.2) is 103 Å². The van der Waals surface area contributed by atoms with Gasteiger partial charge in [0.15, 0.2) is 0 Å². The molecule has 2 heteroatoms. The first-order chi connectivity index (χ1) is 13.3. The van der Waals surface area contributed by atoms with Gasteiger partial charge in [0.05, 0.1) is 0 Å². The van der Waals surface area contributed by atoms with Crippen molar-refractivity contribution in [3.05, 3.63) is 109 Å². The fourth-order valence-electron chi connectivity index (χ4n) is 4.14.